The molecule has 96 valence electrons. The summed E-state index contributed by atoms with van der Waals surface area (Å²) in [6.45, 7) is 0. The molecule has 0 amide bonds. The summed E-state index contributed by atoms with van der Waals surface area (Å²) in [4.78, 5) is 12.3. The summed E-state index contributed by atoms with van der Waals surface area (Å²) >= 11 is 7.24. The molecule has 0 aromatic heterocycles. The van der Waals surface area contributed by atoms with Crippen molar-refractivity contribution in [1.29, 1.82) is 0 Å². The highest BCUT2D eigenvalue weighted by molar-refractivity contribution is 7.99. The average Bonchev–Trinajstić information content (AvgIpc) is 2.58. The second-order valence-electron chi connectivity index (χ2n) is 3.79. The third-order valence-electron chi connectivity index (χ3n) is 2.73. The van der Waals surface area contributed by atoms with Crippen LogP contribution in [0.5, 0.6) is 11.5 Å². The first-order chi connectivity index (χ1) is 8.65. The molecular weight excluding hydrogens is 272 g/mol. The number of fused-ring (bicyclic) bond motifs is 1. The van der Waals surface area contributed by atoms with E-state index in [-0.39, 0.29) is 0 Å². The lowest BCUT2D eigenvalue weighted by atomic mass is 10.1. The predicted octanol–water partition coefficient (Wildman–Crippen LogP) is 3.35. The molecule has 0 N–H and O–H groups in total. The van der Waals surface area contributed by atoms with Crippen LogP contribution in [0.1, 0.15) is 12.0 Å². The maximum Gasteiger partial charge on any atom is 0.248 e. The van der Waals surface area contributed by atoms with Crippen molar-refractivity contribution in [2.75, 3.05) is 20.0 Å². The van der Waals surface area contributed by atoms with Crippen LogP contribution in [0.3, 0.4) is 0 Å². The van der Waals surface area contributed by atoms with E-state index in [1.54, 1.807) is 26.0 Å². The van der Waals surface area contributed by atoms with E-state index in [0.717, 1.165) is 16.2 Å². The van der Waals surface area contributed by atoms with Crippen molar-refractivity contribution in [3.8, 4) is 11.5 Å². The van der Waals surface area contributed by atoms with Gasteiger partial charge in [0.15, 0.2) is 11.5 Å². The van der Waals surface area contributed by atoms with Gasteiger partial charge in [-0.1, -0.05) is 0 Å². The number of carbonyl (C=O) groups is 1. The summed E-state index contributed by atoms with van der Waals surface area (Å²) < 4.78 is 10.5. The number of halogens is 1. The van der Waals surface area contributed by atoms with Gasteiger partial charge in [-0.15, -0.1) is 11.8 Å². The lowest BCUT2D eigenvalue weighted by molar-refractivity contribution is -0.108. The van der Waals surface area contributed by atoms with Crippen molar-refractivity contribution in [1.82, 2.24) is 0 Å². The van der Waals surface area contributed by atoms with Gasteiger partial charge >= 0.3 is 0 Å². The summed E-state index contributed by atoms with van der Waals surface area (Å²) in [6, 6.07) is 3.79. The van der Waals surface area contributed by atoms with Crippen LogP contribution >= 0.6 is 23.4 Å². The number of rotatable bonds is 3. The molecule has 18 heavy (non-hydrogen) atoms. The van der Waals surface area contributed by atoms with Gasteiger partial charge in [-0.3, -0.25) is 4.79 Å². The number of methoxy groups -OCH3 is 2. The van der Waals surface area contributed by atoms with Crippen LogP contribution in [-0.4, -0.2) is 25.2 Å². The normalized spacial score (nSPS) is 14.3. The number of allylic oxidation sites excluding steroid dienone is 1. The van der Waals surface area contributed by atoms with E-state index in [2.05, 4.69) is 0 Å². The minimum atomic E-state index is -0.391. The highest BCUT2D eigenvalue weighted by atomic mass is 35.5. The molecule has 1 aliphatic heterocycles. The molecule has 2 rings (SSSR count). The van der Waals surface area contributed by atoms with Crippen molar-refractivity contribution in [2.45, 2.75) is 11.3 Å². The van der Waals surface area contributed by atoms with Gasteiger partial charge in [0.1, 0.15) is 0 Å². The van der Waals surface area contributed by atoms with E-state index in [1.807, 2.05) is 18.2 Å². The molecule has 0 fully saturated rings. The minimum absolute atomic E-state index is 0.391. The molecule has 3 nitrogen and oxygen atoms in total. The summed E-state index contributed by atoms with van der Waals surface area (Å²) in [5.74, 6) is 2.17. The Hall–Kier alpha value is -1.13. The molecule has 0 spiro atoms. The van der Waals surface area contributed by atoms with Gasteiger partial charge in [-0.25, -0.2) is 0 Å². The summed E-state index contributed by atoms with van der Waals surface area (Å²) in [5.41, 5.74) is 1.58. The van der Waals surface area contributed by atoms with Crippen LogP contribution in [0.15, 0.2) is 22.6 Å². The molecule has 0 unspecified atom stereocenters. The molecule has 0 bridgehead atoms. The Balaban J connectivity index is 2.52. The second kappa shape index (κ2) is 5.67. The monoisotopic (exact) mass is 284 g/mol. The van der Waals surface area contributed by atoms with Crippen LogP contribution in [0, 0.1) is 0 Å². The summed E-state index contributed by atoms with van der Waals surface area (Å²) in [6.07, 6.45) is 2.50. The maximum atomic E-state index is 11.3. The van der Waals surface area contributed by atoms with Crippen LogP contribution in [0.2, 0.25) is 0 Å². The number of benzene rings is 1. The summed E-state index contributed by atoms with van der Waals surface area (Å²) in [7, 11) is 3.20. The number of thioether (sulfide) groups is 1. The first kappa shape index (κ1) is 13.3. The molecule has 1 aliphatic rings. The Labute approximate surface area is 115 Å². The minimum Gasteiger partial charge on any atom is -0.493 e. The quantitative estimate of drug-likeness (QED) is 0.798. The highest BCUT2D eigenvalue weighted by Crippen LogP contribution is 2.38. The number of hydrogen-bond acceptors (Lipinski definition) is 4. The highest BCUT2D eigenvalue weighted by Gasteiger charge is 2.16. The molecule has 1 aromatic rings. The van der Waals surface area contributed by atoms with Gasteiger partial charge in [0, 0.05) is 16.2 Å². The molecular formula is C13H13ClO3S. The maximum absolute atomic E-state index is 11.3. The summed E-state index contributed by atoms with van der Waals surface area (Å²) in [5, 5.41) is -0.391. The van der Waals surface area contributed by atoms with Crippen LogP contribution < -0.4 is 9.47 Å². The SMILES string of the molecule is COc1cc2c(cc1OC)SCCC(C(=O)Cl)=C2. The van der Waals surface area contributed by atoms with E-state index in [0.29, 0.717) is 23.5 Å². The molecule has 0 aliphatic carbocycles. The zero-order valence-corrected chi connectivity index (χ0v) is 11.7. The standard InChI is InChI=1S/C13H13ClO3S/c1-16-10-6-9-5-8(13(14)15)3-4-18-12(9)7-11(10)17-2/h5-7H,3-4H2,1-2H3. The van der Waals surface area contributed by atoms with E-state index < -0.39 is 5.24 Å². The van der Waals surface area contributed by atoms with Crippen LogP contribution in [-0.2, 0) is 4.79 Å². The van der Waals surface area contributed by atoms with E-state index in [9.17, 15) is 4.79 Å². The first-order valence-corrected chi connectivity index (χ1v) is 6.81. The topological polar surface area (TPSA) is 35.5 Å². The van der Waals surface area contributed by atoms with Crippen molar-refractivity contribution in [3.63, 3.8) is 0 Å². The van der Waals surface area contributed by atoms with Crippen molar-refractivity contribution in [3.05, 3.63) is 23.3 Å². The van der Waals surface area contributed by atoms with E-state index in [4.69, 9.17) is 21.1 Å². The van der Waals surface area contributed by atoms with Gasteiger partial charge in [0.05, 0.1) is 14.2 Å². The lowest BCUT2D eigenvalue weighted by Gasteiger charge is -2.11. The van der Waals surface area contributed by atoms with Crippen molar-refractivity contribution < 1.29 is 14.3 Å². The zero-order chi connectivity index (χ0) is 13.1. The number of carbonyl (C=O) groups excluding carboxylic acids is 1. The molecule has 0 saturated heterocycles. The molecule has 0 radical (unpaired) electrons. The predicted molar refractivity (Wildman–Crippen MR) is 73.7 cm³/mol. The van der Waals surface area contributed by atoms with E-state index in [1.165, 1.54) is 0 Å². The van der Waals surface area contributed by atoms with Crippen LogP contribution in [0.4, 0.5) is 0 Å². The number of hydrogen-bond donors (Lipinski definition) is 0. The Bertz CT molecular complexity index is 511. The number of ether oxygens (including phenoxy) is 2. The second-order valence-corrected chi connectivity index (χ2v) is 5.27. The van der Waals surface area contributed by atoms with Gasteiger partial charge in [-0.05, 0) is 41.8 Å². The smallest absolute Gasteiger partial charge is 0.248 e. The van der Waals surface area contributed by atoms with Gasteiger partial charge in [-0.2, -0.15) is 0 Å². The van der Waals surface area contributed by atoms with Crippen LogP contribution in [0.25, 0.3) is 6.08 Å². The van der Waals surface area contributed by atoms with Gasteiger partial charge < -0.3 is 9.47 Å². The Morgan fingerprint density at radius 2 is 1.94 bits per heavy atom. The molecule has 5 heteroatoms. The Morgan fingerprint density at radius 1 is 1.28 bits per heavy atom. The van der Waals surface area contributed by atoms with Crippen molar-refractivity contribution >= 4 is 34.7 Å². The fraction of sp³-hybridized carbons (Fsp3) is 0.308. The average molecular weight is 285 g/mol. The van der Waals surface area contributed by atoms with Gasteiger partial charge in [0.25, 0.3) is 0 Å². The molecule has 0 atom stereocenters. The van der Waals surface area contributed by atoms with E-state index >= 15 is 0 Å². The molecule has 1 heterocycles. The third kappa shape index (κ3) is 2.65. The van der Waals surface area contributed by atoms with Gasteiger partial charge in [0.2, 0.25) is 5.24 Å². The Morgan fingerprint density at radius 3 is 2.56 bits per heavy atom. The lowest BCUT2D eigenvalue weighted by Crippen LogP contribution is -1.94. The zero-order valence-electron chi connectivity index (χ0n) is 10.2. The fourth-order valence-corrected chi connectivity index (χ4v) is 2.97. The molecule has 1 aromatic carbocycles. The van der Waals surface area contributed by atoms with Crippen molar-refractivity contribution in [2.24, 2.45) is 0 Å². The Kier molecular flexibility index (Phi) is 4.19. The molecule has 0 saturated carbocycles. The fourth-order valence-electron chi connectivity index (χ4n) is 1.80. The largest absolute Gasteiger partial charge is 0.493 e. The third-order valence-corrected chi connectivity index (χ3v) is 4.04. The first-order valence-electron chi connectivity index (χ1n) is 5.45.